The van der Waals surface area contributed by atoms with Crippen LogP contribution in [0.15, 0.2) is 54.6 Å². The largest absolute Gasteiger partial charge is 0.220 e. The third kappa shape index (κ3) is 1.95. The van der Waals surface area contributed by atoms with E-state index < -0.39 is 0 Å². The van der Waals surface area contributed by atoms with Crippen LogP contribution in [0.25, 0.3) is 23.3 Å². The van der Waals surface area contributed by atoms with Crippen LogP contribution in [0.3, 0.4) is 0 Å². The molecular weight excluding hydrogens is 210 g/mol. The van der Waals surface area contributed by atoms with E-state index >= 15 is 0 Å². The zero-order valence-electron chi connectivity index (χ0n) is 9.19. The van der Waals surface area contributed by atoms with Crippen LogP contribution in [0.4, 0.5) is 0 Å². The molecule has 0 saturated heterocycles. The van der Waals surface area contributed by atoms with Crippen molar-refractivity contribution in [3.8, 4) is 0 Å². The lowest BCUT2D eigenvalue weighted by molar-refractivity contribution is 0.863. The molecule has 0 aliphatic carbocycles. The van der Waals surface area contributed by atoms with Gasteiger partial charge in [-0.05, 0) is 23.8 Å². The minimum Gasteiger partial charge on any atom is -0.220 e. The molecule has 1 heterocycles. The Kier molecular flexibility index (Phi) is 2.43. The van der Waals surface area contributed by atoms with Crippen LogP contribution in [-0.4, -0.2) is 15.0 Å². The third-order valence-electron chi connectivity index (χ3n) is 2.59. The summed E-state index contributed by atoms with van der Waals surface area (Å²) in [5.41, 5.74) is 3.07. The summed E-state index contributed by atoms with van der Waals surface area (Å²) in [5.74, 6) is 0. The first kappa shape index (κ1) is 9.78. The number of hydrogen-bond donors (Lipinski definition) is 0. The average molecular weight is 221 g/mol. The van der Waals surface area contributed by atoms with E-state index in [9.17, 15) is 0 Å². The lowest BCUT2D eigenvalue weighted by Crippen LogP contribution is -1.88. The maximum absolute atomic E-state index is 4.09. The van der Waals surface area contributed by atoms with Gasteiger partial charge >= 0.3 is 0 Å². The molecule has 3 heteroatoms. The van der Waals surface area contributed by atoms with Gasteiger partial charge < -0.3 is 0 Å². The molecule has 0 aliphatic heterocycles. The van der Waals surface area contributed by atoms with Gasteiger partial charge in [0.05, 0.1) is 5.52 Å². The van der Waals surface area contributed by atoms with Gasteiger partial charge in [0.2, 0.25) is 0 Å². The van der Waals surface area contributed by atoms with E-state index in [2.05, 4.69) is 22.4 Å². The summed E-state index contributed by atoms with van der Waals surface area (Å²) < 4.78 is 1.78. The van der Waals surface area contributed by atoms with Crippen LogP contribution in [0.5, 0.6) is 0 Å². The van der Waals surface area contributed by atoms with E-state index in [1.165, 1.54) is 0 Å². The summed E-state index contributed by atoms with van der Waals surface area (Å²) in [4.78, 5) is 0. The van der Waals surface area contributed by atoms with E-state index in [1.807, 2.05) is 54.7 Å². The van der Waals surface area contributed by atoms with E-state index in [1.54, 1.807) is 4.68 Å². The molecule has 17 heavy (non-hydrogen) atoms. The van der Waals surface area contributed by atoms with Crippen LogP contribution in [-0.2, 0) is 0 Å². The van der Waals surface area contributed by atoms with Gasteiger partial charge in [-0.1, -0.05) is 47.7 Å². The molecule has 0 spiro atoms. The number of benzene rings is 2. The van der Waals surface area contributed by atoms with Crippen LogP contribution in [0.2, 0.25) is 0 Å². The second-order valence-corrected chi connectivity index (χ2v) is 3.75. The lowest BCUT2D eigenvalue weighted by Gasteiger charge is -1.94. The monoisotopic (exact) mass is 221 g/mol. The molecule has 0 N–H and O–H groups in total. The van der Waals surface area contributed by atoms with Crippen molar-refractivity contribution in [3.05, 3.63) is 60.2 Å². The van der Waals surface area contributed by atoms with Crippen molar-refractivity contribution in [3.63, 3.8) is 0 Å². The molecule has 1 aromatic heterocycles. The van der Waals surface area contributed by atoms with E-state index in [-0.39, 0.29) is 0 Å². The molecule has 2 aromatic carbocycles. The highest BCUT2D eigenvalue weighted by Crippen LogP contribution is 2.11. The van der Waals surface area contributed by atoms with Gasteiger partial charge in [0.25, 0.3) is 0 Å². The number of hydrogen-bond acceptors (Lipinski definition) is 2. The molecule has 0 bridgehead atoms. The first-order valence-electron chi connectivity index (χ1n) is 5.47. The third-order valence-corrected chi connectivity index (χ3v) is 2.59. The normalized spacial score (nSPS) is 11.3. The number of rotatable bonds is 2. The second-order valence-electron chi connectivity index (χ2n) is 3.75. The molecule has 3 rings (SSSR count). The molecule has 3 nitrogen and oxygen atoms in total. The molecule has 82 valence electrons. The predicted molar refractivity (Wildman–Crippen MR) is 69.2 cm³/mol. The predicted octanol–water partition coefficient (Wildman–Crippen LogP) is 3.06. The van der Waals surface area contributed by atoms with Gasteiger partial charge in [0.15, 0.2) is 0 Å². The first-order chi connectivity index (χ1) is 8.43. The molecule has 3 aromatic rings. The maximum Gasteiger partial charge on any atom is 0.113 e. The molecule has 0 amide bonds. The Balaban J connectivity index is 1.98. The van der Waals surface area contributed by atoms with Crippen molar-refractivity contribution < 1.29 is 0 Å². The summed E-state index contributed by atoms with van der Waals surface area (Å²) >= 11 is 0. The fourth-order valence-corrected chi connectivity index (χ4v) is 1.72. The first-order valence-corrected chi connectivity index (χ1v) is 5.47. The van der Waals surface area contributed by atoms with Gasteiger partial charge in [0.1, 0.15) is 5.52 Å². The standard InChI is InChI=1S/C14H11N3/c1-2-6-12(7-3-1)10-11-17-14-9-5-4-8-13(14)15-16-17/h1-11H/b11-10-. The smallest absolute Gasteiger partial charge is 0.113 e. The fraction of sp³-hybridized carbons (Fsp3) is 0. The summed E-state index contributed by atoms with van der Waals surface area (Å²) in [7, 11) is 0. The molecule has 0 saturated carbocycles. The van der Waals surface area contributed by atoms with E-state index in [0.29, 0.717) is 0 Å². The second kappa shape index (κ2) is 4.22. The Morgan fingerprint density at radius 2 is 1.65 bits per heavy atom. The number of fused-ring (bicyclic) bond motifs is 1. The minimum absolute atomic E-state index is 0.908. The Morgan fingerprint density at radius 3 is 2.53 bits per heavy atom. The molecular formula is C14H11N3. The zero-order chi connectivity index (χ0) is 11.5. The highest BCUT2D eigenvalue weighted by Gasteiger charge is 1.98. The maximum atomic E-state index is 4.09. The Labute approximate surface area is 99.0 Å². The van der Waals surface area contributed by atoms with Gasteiger partial charge in [-0.3, -0.25) is 0 Å². The van der Waals surface area contributed by atoms with Crippen molar-refractivity contribution in [2.75, 3.05) is 0 Å². The van der Waals surface area contributed by atoms with Crippen molar-refractivity contribution in [2.45, 2.75) is 0 Å². The average Bonchev–Trinajstić information content (AvgIpc) is 2.81. The van der Waals surface area contributed by atoms with E-state index in [0.717, 1.165) is 16.6 Å². The summed E-state index contributed by atoms with van der Waals surface area (Å²) in [6.45, 7) is 0. The van der Waals surface area contributed by atoms with Crippen molar-refractivity contribution in [1.82, 2.24) is 15.0 Å². The number of nitrogens with zero attached hydrogens (tertiary/aromatic N) is 3. The topological polar surface area (TPSA) is 30.7 Å². The molecule has 0 radical (unpaired) electrons. The SMILES string of the molecule is C(=C/n1nnc2ccccc21)/c1ccccc1. The highest BCUT2D eigenvalue weighted by molar-refractivity contribution is 5.77. The Morgan fingerprint density at radius 1 is 0.882 bits per heavy atom. The van der Waals surface area contributed by atoms with Crippen LogP contribution >= 0.6 is 0 Å². The van der Waals surface area contributed by atoms with Crippen LogP contribution < -0.4 is 0 Å². The number of aromatic nitrogens is 3. The van der Waals surface area contributed by atoms with Crippen molar-refractivity contribution in [1.29, 1.82) is 0 Å². The van der Waals surface area contributed by atoms with Gasteiger partial charge in [0, 0.05) is 6.20 Å². The fourth-order valence-electron chi connectivity index (χ4n) is 1.72. The summed E-state index contributed by atoms with van der Waals surface area (Å²) in [5, 5.41) is 8.18. The molecule has 0 fully saturated rings. The van der Waals surface area contributed by atoms with Crippen molar-refractivity contribution >= 4 is 23.3 Å². The van der Waals surface area contributed by atoms with Gasteiger partial charge in [-0.2, -0.15) is 0 Å². The lowest BCUT2D eigenvalue weighted by atomic mass is 10.2. The van der Waals surface area contributed by atoms with Crippen LogP contribution in [0, 0.1) is 0 Å². The minimum atomic E-state index is 0.908. The molecule has 0 unspecified atom stereocenters. The molecule has 0 aliphatic rings. The molecule has 0 atom stereocenters. The summed E-state index contributed by atoms with van der Waals surface area (Å²) in [6.07, 6.45) is 3.94. The van der Waals surface area contributed by atoms with Gasteiger partial charge in [-0.15, -0.1) is 5.10 Å². The van der Waals surface area contributed by atoms with E-state index in [4.69, 9.17) is 0 Å². The Bertz CT molecular complexity index is 653. The van der Waals surface area contributed by atoms with Gasteiger partial charge in [-0.25, -0.2) is 4.68 Å². The quantitative estimate of drug-likeness (QED) is 0.665. The van der Waals surface area contributed by atoms with Crippen molar-refractivity contribution in [2.24, 2.45) is 0 Å². The summed E-state index contributed by atoms with van der Waals surface area (Å²) in [6, 6.07) is 18.0. The zero-order valence-corrected chi connectivity index (χ0v) is 9.19. The Hall–Kier alpha value is -2.42. The number of para-hydroxylation sites is 1. The highest BCUT2D eigenvalue weighted by atomic mass is 15.4. The van der Waals surface area contributed by atoms with Crippen LogP contribution in [0.1, 0.15) is 5.56 Å².